The lowest BCUT2D eigenvalue weighted by Crippen LogP contribution is -2.27. The number of benzene rings is 1. The van der Waals surface area contributed by atoms with Crippen LogP contribution in [-0.2, 0) is 16.1 Å². The molecule has 1 N–H and O–H groups in total. The Labute approximate surface area is 221 Å². The van der Waals surface area contributed by atoms with Crippen molar-refractivity contribution in [1.82, 2.24) is 14.5 Å². The first-order valence-electron chi connectivity index (χ1n) is 13.3. The number of fused-ring (bicyclic) bond motifs is 1. The van der Waals surface area contributed by atoms with E-state index in [1.165, 1.54) is 24.2 Å². The van der Waals surface area contributed by atoms with Gasteiger partial charge in [-0.2, -0.15) is 0 Å². The number of aromatic nitrogens is 2. The zero-order valence-electron chi connectivity index (χ0n) is 21.7. The predicted molar refractivity (Wildman–Crippen MR) is 147 cm³/mol. The molecule has 2 fully saturated rings. The summed E-state index contributed by atoms with van der Waals surface area (Å²) in [6.07, 6.45) is 7.61. The quantitative estimate of drug-likeness (QED) is 0.419. The first-order chi connectivity index (χ1) is 17.9. The summed E-state index contributed by atoms with van der Waals surface area (Å²) in [5.74, 6) is 1.13. The van der Waals surface area contributed by atoms with Gasteiger partial charge < -0.3 is 14.4 Å². The average Bonchev–Trinajstić information content (AvgIpc) is 3.68. The molecule has 196 valence electrons. The number of nitrogens with zero attached hydrogens (tertiary/aromatic N) is 4. The van der Waals surface area contributed by atoms with E-state index in [9.17, 15) is 14.4 Å². The molecule has 3 heterocycles. The Hall–Kier alpha value is -3.20. The molecular weight excluding hydrogens is 486 g/mol. The number of anilines is 2. The number of carbonyl (C=O) groups excluding carboxylic acids is 3. The molecule has 0 unspecified atom stereocenters. The number of hydrogen-bond donors (Lipinski definition) is 1. The topological polar surface area (TPSA) is 87.5 Å². The van der Waals surface area contributed by atoms with Gasteiger partial charge in [-0.25, -0.2) is 4.98 Å². The molecule has 3 amide bonds. The molecule has 0 spiro atoms. The molecular formula is C28H35N5O3S. The van der Waals surface area contributed by atoms with Gasteiger partial charge in [-0.3, -0.25) is 19.7 Å². The molecule has 1 aliphatic heterocycles. The van der Waals surface area contributed by atoms with Crippen LogP contribution in [0.5, 0.6) is 0 Å². The molecule has 1 aliphatic carbocycles. The number of aryl methyl sites for hydroxylation is 2. The van der Waals surface area contributed by atoms with Gasteiger partial charge in [0.15, 0.2) is 0 Å². The largest absolute Gasteiger partial charge is 0.343 e. The van der Waals surface area contributed by atoms with Crippen LogP contribution in [0.3, 0.4) is 0 Å². The van der Waals surface area contributed by atoms with Gasteiger partial charge in [0, 0.05) is 50.1 Å². The molecule has 2 aliphatic rings. The van der Waals surface area contributed by atoms with Gasteiger partial charge in [-0.15, -0.1) is 11.3 Å². The van der Waals surface area contributed by atoms with Gasteiger partial charge in [-0.05, 0) is 68.9 Å². The zero-order chi connectivity index (χ0) is 25.9. The predicted octanol–water partition coefficient (Wildman–Crippen LogP) is 5.21. The Kier molecular flexibility index (Phi) is 7.60. The third kappa shape index (κ3) is 5.71. The van der Waals surface area contributed by atoms with E-state index >= 15 is 0 Å². The molecule has 1 saturated carbocycles. The molecule has 3 aromatic rings. The van der Waals surface area contributed by atoms with Crippen LogP contribution in [0.2, 0.25) is 0 Å². The second-order valence-corrected chi connectivity index (χ2v) is 11.6. The fourth-order valence-corrected chi connectivity index (χ4v) is 6.23. The zero-order valence-corrected chi connectivity index (χ0v) is 22.5. The molecule has 1 saturated heterocycles. The van der Waals surface area contributed by atoms with Crippen LogP contribution in [0, 0.1) is 12.8 Å². The molecule has 0 radical (unpaired) electrons. The van der Waals surface area contributed by atoms with Crippen molar-refractivity contribution < 1.29 is 14.4 Å². The summed E-state index contributed by atoms with van der Waals surface area (Å²) >= 11 is 1.45. The van der Waals surface area contributed by atoms with Crippen molar-refractivity contribution in [2.24, 2.45) is 5.92 Å². The fraction of sp³-hybridized carbons (Fsp3) is 0.500. The number of carbonyl (C=O) groups is 3. The van der Waals surface area contributed by atoms with Crippen LogP contribution in [0.1, 0.15) is 65.9 Å². The van der Waals surface area contributed by atoms with Crippen LogP contribution in [-0.4, -0.2) is 52.3 Å². The highest BCUT2D eigenvalue weighted by atomic mass is 32.1. The normalized spacial score (nSPS) is 16.2. The summed E-state index contributed by atoms with van der Waals surface area (Å²) < 4.78 is 2.01. The number of hydrogen-bond acceptors (Lipinski definition) is 5. The smallest absolute Gasteiger partial charge is 0.268 e. The molecule has 0 bridgehead atoms. The summed E-state index contributed by atoms with van der Waals surface area (Å²) in [4.78, 5) is 48.0. The molecule has 37 heavy (non-hydrogen) atoms. The number of likely N-dealkylation sites (tertiary alicyclic amines) is 1. The average molecular weight is 522 g/mol. The third-order valence-corrected chi connectivity index (χ3v) is 8.60. The van der Waals surface area contributed by atoms with E-state index in [0.29, 0.717) is 42.7 Å². The lowest BCUT2D eigenvalue weighted by molar-refractivity contribution is -0.127. The first-order valence-corrected chi connectivity index (χ1v) is 14.1. The molecule has 5 rings (SSSR count). The number of imidazole rings is 1. The summed E-state index contributed by atoms with van der Waals surface area (Å²) in [5, 5.41) is 3.00. The Bertz CT molecular complexity index is 1310. The van der Waals surface area contributed by atoms with Gasteiger partial charge in [0.25, 0.3) is 5.91 Å². The summed E-state index contributed by atoms with van der Waals surface area (Å²) in [6.45, 7) is 4.10. The van der Waals surface area contributed by atoms with Crippen LogP contribution < -0.4 is 10.2 Å². The maximum Gasteiger partial charge on any atom is 0.268 e. The van der Waals surface area contributed by atoms with Crippen molar-refractivity contribution in [3.8, 4) is 0 Å². The van der Waals surface area contributed by atoms with Crippen molar-refractivity contribution in [2.45, 2.75) is 64.8 Å². The van der Waals surface area contributed by atoms with E-state index in [1.807, 2.05) is 53.8 Å². The number of rotatable bonds is 9. The summed E-state index contributed by atoms with van der Waals surface area (Å²) in [6, 6.07) is 9.60. The van der Waals surface area contributed by atoms with Gasteiger partial charge in [-0.1, -0.05) is 12.8 Å². The van der Waals surface area contributed by atoms with Crippen LogP contribution in [0.15, 0.2) is 30.3 Å². The summed E-state index contributed by atoms with van der Waals surface area (Å²) in [7, 11) is 1.82. The van der Waals surface area contributed by atoms with Gasteiger partial charge in [0.05, 0.1) is 15.9 Å². The highest BCUT2D eigenvalue weighted by Gasteiger charge is 2.23. The van der Waals surface area contributed by atoms with E-state index in [1.54, 1.807) is 4.90 Å². The Morgan fingerprint density at radius 3 is 2.65 bits per heavy atom. The monoisotopic (exact) mass is 521 g/mol. The van der Waals surface area contributed by atoms with Crippen molar-refractivity contribution in [3.63, 3.8) is 0 Å². The highest BCUT2D eigenvalue weighted by molar-refractivity contribution is 7.14. The molecule has 0 atom stereocenters. The maximum absolute atomic E-state index is 13.0. The minimum atomic E-state index is -0.187. The van der Waals surface area contributed by atoms with E-state index in [-0.39, 0.29) is 17.7 Å². The van der Waals surface area contributed by atoms with Crippen molar-refractivity contribution >= 4 is 51.7 Å². The number of thiophene rings is 1. The van der Waals surface area contributed by atoms with Crippen LogP contribution >= 0.6 is 11.3 Å². The lowest BCUT2D eigenvalue weighted by Gasteiger charge is -2.19. The minimum Gasteiger partial charge on any atom is -0.343 e. The SMILES string of the molecule is Cc1ccc(C(=O)Nc2nc3cc(N(C)C(=O)CC4CCCC4)ccc3n2CCCN2CCCC2=O)s1. The Morgan fingerprint density at radius 2 is 1.95 bits per heavy atom. The maximum atomic E-state index is 13.0. The Morgan fingerprint density at radius 1 is 1.14 bits per heavy atom. The van der Waals surface area contributed by atoms with Crippen molar-refractivity contribution in [3.05, 3.63) is 40.1 Å². The molecule has 1 aromatic carbocycles. The molecule has 9 heteroatoms. The van der Waals surface area contributed by atoms with E-state index in [0.717, 1.165) is 53.8 Å². The second-order valence-electron chi connectivity index (χ2n) is 10.3. The number of nitrogens with one attached hydrogen (secondary N) is 1. The first kappa shape index (κ1) is 25.4. The lowest BCUT2D eigenvalue weighted by atomic mass is 10.0. The van der Waals surface area contributed by atoms with Crippen LogP contribution in [0.25, 0.3) is 11.0 Å². The van der Waals surface area contributed by atoms with E-state index < -0.39 is 0 Å². The summed E-state index contributed by atoms with van der Waals surface area (Å²) in [5.41, 5.74) is 2.42. The Balaban J connectivity index is 1.37. The van der Waals surface area contributed by atoms with Gasteiger partial charge in [0.2, 0.25) is 17.8 Å². The fourth-order valence-electron chi connectivity index (χ4n) is 5.47. The van der Waals surface area contributed by atoms with Crippen LogP contribution in [0.4, 0.5) is 11.6 Å². The highest BCUT2D eigenvalue weighted by Crippen LogP contribution is 2.30. The third-order valence-electron chi connectivity index (χ3n) is 7.60. The van der Waals surface area contributed by atoms with E-state index in [2.05, 4.69) is 5.32 Å². The minimum absolute atomic E-state index is 0.127. The van der Waals surface area contributed by atoms with Gasteiger partial charge in [0.1, 0.15) is 0 Å². The number of amides is 3. The second kappa shape index (κ2) is 11.0. The van der Waals surface area contributed by atoms with Crippen molar-refractivity contribution in [2.75, 3.05) is 30.4 Å². The molecule has 2 aromatic heterocycles. The van der Waals surface area contributed by atoms with E-state index in [4.69, 9.17) is 4.98 Å². The molecule has 8 nitrogen and oxygen atoms in total. The van der Waals surface area contributed by atoms with Crippen molar-refractivity contribution in [1.29, 1.82) is 0 Å². The van der Waals surface area contributed by atoms with Gasteiger partial charge >= 0.3 is 0 Å². The standard InChI is InChI=1S/C28H35N5O3S/c1-19-10-13-24(37-19)27(36)30-28-29-22-18-21(31(2)26(35)17-20-7-3-4-8-20)11-12-23(22)33(28)16-6-15-32-14-5-9-25(32)34/h10-13,18,20H,3-9,14-17H2,1-2H3,(H,29,30,36).